The molecule has 74 valence electrons. The van der Waals surface area contributed by atoms with Gasteiger partial charge in [0.2, 0.25) is 5.95 Å². The highest BCUT2D eigenvalue weighted by molar-refractivity contribution is 5.85. The van der Waals surface area contributed by atoms with Crippen molar-refractivity contribution >= 4 is 11.9 Å². The Hall–Kier alpha value is -1.69. The van der Waals surface area contributed by atoms with E-state index in [1.807, 2.05) is 7.05 Å². The first-order chi connectivity index (χ1) is 6.75. The first kappa shape index (κ1) is 8.89. The summed E-state index contributed by atoms with van der Waals surface area (Å²) >= 11 is 0. The van der Waals surface area contributed by atoms with Gasteiger partial charge in [0.1, 0.15) is 6.04 Å². The molecule has 1 aromatic heterocycles. The summed E-state index contributed by atoms with van der Waals surface area (Å²) in [5.41, 5.74) is 2.66. The maximum Gasteiger partial charge on any atom is 0.258 e. The number of hydrogen-bond donors (Lipinski definition) is 2. The molecule has 1 aliphatic heterocycles. The molecule has 2 N–H and O–H groups in total. The van der Waals surface area contributed by atoms with Crippen LogP contribution in [0.25, 0.3) is 0 Å². The summed E-state index contributed by atoms with van der Waals surface area (Å²) in [6, 6.07) is 1.45. The third kappa shape index (κ3) is 1.80. The second-order valence-electron chi connectivity index (χ2n) is 3.13. The molecule has 1 aliphatic rings. The highest BCUT2D eigenvalue weighted by Crippen LogP contribution is 2.03. The molecule has 0 spiro atoms. The maximum atomic E-state index is 11.3. The number of nitrogens with one attached hydrogen (secondary N) is 2. The van der Waals surface area contributed by atoms with Crippen LogP contribution in [-0.2, 0) is 4.79 Å². The van der Waals surface area contributed by atoms with Crippen LogP contribution in [0.3, 0.4) is 0 Å². The van der Waals surface area contributed by atoms with E-state index in [2.05, 4.69) is 20.7 Å². The minimum absolute atomic E-state index is 0.0556. The van der Waals surface area contributed by atoms with Gasteiger partial charge in [-0.25, -0.2) is 15.0 Å². The summed E-state index contributed by atoms with van der Waals surface area (Å²) in [6.07, 6.45) is 3.26. The molecule has 1 aromatic rings. The minimum Gasteiger partial charge on any atom is -0.341 e. The summed E-state index contributed by atoms with van der Waals surface area (Å²) in [4.78, 5) is 19.3. The van der Waals surface area contributed by atoms with E-state index >= 15 is 0 Å². The number of likely N-dealkylation sites (N-methyl/N-ethyl adjacent to an activating group) is 1. The van der Waals surface area contributed by atoms with Crippen LogP contribution in [0.15, 0.2) is 18.5 Å². The molecule has 6 heteroatoms. The molecule has 1 unspecified atom stereocenters. The lowest BCUT2D eigenvalue weighted by molar-refractivity contribution is -0.121. The number of aromatic nitrogens is 2. The highest BCUT2D eigenvalue weighted by atomic mass is 16.2. The lowest BCUT2D eigenvalue weighted by Crippen LogP contribution is -2.32. The molecule has 0 saturated carbocycles. The van der Waals surface area contributed by atoms with Gasteiger partial charge in [-0.05, 0) is 6.07 Å². The van der Waals surface area contributed by atoms with Gasteiger partial charge in [-0.15, -0.1) is 0 Å². The number of amides is 1. The molecule has 1 atom stereocenters. The van der Waals surface area contributed by atoms with Crippen molar-refractivity contribution in [3.8, 4) is 0 Å². The van der Waals surface area contributed by atoms with Gasteiger partial charge in [-0.3, -0.25) is 10.2 Å². The highest BCUT2D eigenvalue weighted by Gasteiger charge is 2.28. The van der Waals surface area contributed by atoms with Crippen molar-refractivity contribution in [2.75, 3.05) is 18.9 Å². The number of nitrogens with zero attached hydrogens (tertiary/aromatic N) is 3. The Kier molecular flexibility index (Phi) is 2.28. The lowest BCUT2D eigenvalue weighted by atomic mass is 10.3. The van der Waals surface area contributed by atoms with E-state index in [0.29, 0.717) is 12.5 Å². The van der Waals surface area contributed by atoms with E-state index < -0.39 is 0 Å². The lowest BCUT2D eigenvalue weighted by Gasteiger charge is -2.08. The molecular formula is C8H11N5O. The molecule has 2 rings (SSSR count). The average Bonchev–Trinajstić information content (AvgIpc) is 2.47. The molecule has 0 aromatic carbocycles. The van der Waals surface area contributed by atoms with E-state index in [0.717, 1.165) is 0 Å². The molecule has 0 aliphatic carbocycles. The van der Waals surface area contributed by atoms with E-state index in [-0.39, 0.29) is 11.9 Å². The Balaban J connectivity index is 2.02. The average molecular weight is 193 g/mol. The summed E-state index contributed by atoms with van der Waals surface area (Å²) in [7, 11) is 1.81. The fourth-order valence-electron chi connectivity index (χ4n) is 1.31. The fourth-order valence-corrected chi connectivity index (χ4v) is 1.31. The van der Waals surface area contributed by atoms with Crippen LogP contribution in [0.1, 0.15) is 0 Å². The molecule has 0 bridgehead atoms. The Morgan fingerprint density at radius 3 is 2.86 bits per heavy atom. The van der Waals surface area contributed by atoms with Crippen LogP contribution in [0.2, 0.25) is 0 Å². The van der Waals surface area contributed by atoms with Crippen LogP contribution in [0, 0.1) is 0 Å². The molecule has 14 heavy (non-hydrogen) atoms. The normalized spacial score (nSPS) is 22.1. The zero-order chi connectivity index (χ0) is 9.97. The van der Waals surface area contributed by atoms with Gasteiger partial charge in [-0.2, -0.15) is 0 Å². The van der Waals surface area contributed by atoms with E-state index in [4.69, 9.17) is 0 Å². The predicted octanol–water partition coefficient (Wildman–Crippen LogP) is -0.766. The van der Waals surface area contributed by atoms with Crippen LogP contribution in [0.5, 0.6) is 0 Å². The number of rotatable bonds is 2. The molecule has 1 amide bonds. The summed E-state index contributed by atoms with van der Waals surface area (Å²) in [5.74, 6) is 0.419. The SMILES string of the molecule is CN1CC(Nc2ncccn2)C(=O)N1. The number of carbonyl (C=O) groups is 1. The van der Waals surface area contributed by atoms with Crippen molar-refractivity contribution < 1.29 is 4.79 Å². The van der Waals surface area contributed by atoms with Gasteiger partial charge in [-0.1, -0.05) is 0 Å². The van der Waals surface area contributed by atoms with Crippen molar-refractivity contribution in [3.05, 3.63) is 18.5 Å². The largest absolute Gasteiger partial charge is 0.341 e. The molecule has 2 heterocycles. The van der Waals surface area contributed by atoms with Gasteiger partial charge in [0.05, 0.1) is 0 Å². The zero-order valence-electron chi connectivity index (χ0n) is 7.77. The van der Waals surface area contributed by atoms with Gasteiger partial charge >= 0.3 is 0 Å². The first-order valence-corrected chi connectivity index (χ1v) is 4.31. The molecule has 1 saturated heterocycles. The molecule has 0 radical (unpaired) electrons. The van der Waals surface area contributed by atoms with Crippen molar-refractivity contribution in [2.45, 2.75) is 6.04 Å². The van der Waals surface area contributed by atoms with Crippen LogP contribution in [0.4, 0.5) is 5.95 Å². The fraction of sp³-hybridized carbons (Fsp3) is 0.375. The summed E-state index contributed by atoms with van der Waals surface area (Å²) < 4.78 is 0. The standard InChI is InChI=1S/C8H11N5O/c1-13-5-6(7(14)12-13)11-8-9-3-2-4-10-8/h2-4,6H,5H2,1H3,(H,12,14)(H,9,10,11). The van der Waals surface area contributed by atoms with Crippen molar-refractivity contribution in [2.24, 2.45) is 0 Å². The van der Waals surface area contributed by atoms with Crippen molar-refractivity contribution in [1.29, 1.82) is 0 Å². The van der Waals surface area contributed by atoms with E-state index in [1.165, 1.54) is 0 Å². The third-order valence-electron chi connectivity index (χ3n) is 1.94. The second kappa shape index (κ2) is 3.59. The zero-order valence-corrected chi connectivity index (χ0v) is 7.77. The maximum absolute atomic E-state index is 11.3. The van der Waals surface area contributed by atoms with Crippen LogP contribution < -0.4 is 10.7 Å². The Labute approximate surface area is 81.3 Å². The number of hydrazine groups is 1. The Bertz CT molecular complexity index is 328. The molecular weight excluding hydrogens is 182 g/mol. The van der Waals surface area contributed by atoms with Gasteiger partial charge in [0, 0.05) is 26.0 Å². The van der Waals surface area contributed by atoms with Gasteiger partial charge in [0.25, 0.3) is 5.91 Å². The predicted molar refractivity (Wildman–Crippen MR) is 50.2 cm³/mol. The monoisotopic (exact) mass is 193 g/mol. The van der Waals surface area contributed by atoms with Crippen LogP contribution >= 0.6 is 0 Å². The van der Waals surface area contributed by atoms with Crippen molar-refractivity contribution in [3.63, 3.8) is 0 Å². The Morgan fingerprint density at radius 2 is 2.29 bits per heavy atom. The van der Waals surface area contributed by atoms with Crippen LogP contribution in [-0.4, -0.2) is 40.5 Å². The topological polar surface area (TPSA) is 70.1 Å². The number of hydrogen-bond acceptors (Lipinski definition) is 5. The third-order valence-corrected chi connectivity index (χ3v) is 1.94. The Morgan fingerprint density at radius 1 is 1.57 bits per heavy atom. The quantitative estimate of drug-likeness (QED) is 0.645. The first-order valence-electron chi connectivity index (χ1n) is 4.31. The van der Waals surface area contributed by atoms with E-state index in [1.54, 1.807) is 23.5 Å². The van der Waals surface area contributed by atoms with Gasteiger partial charge in [0.15, 0.2) is 0 Å². The summed E-state index contributed by atoms with van der Waals surface area (Å²) in [6.45, 7) is 0.608. The van der Waals surface area contributed by atoms with Crippen molar-refractivity contribution in [1.82, 2.24) is 20.4 Å². The van der Waals surface area contributed by atoms with Gasteiger partial charge < -0.3 is 5.32 Å². The smallest absolute Gasteiger partial charge is 0.258 e. The van der Waals surface area contributed by atoms with E-state index in [9.17, 15) is 4.79 Å². The molecule has 1 fully saturated rings. The number of anilines is 1. The minimum atomic E-state index is -0.276. The summed E-state index contributed by atoms with van der Waals surface area (Å²) in [5, 5.41) is 4.67. The second-order valence-corrected chi connectivity index (χ2v) is 3.13. The molecule has 6 nitrogen and oxygen atoms in total. The number of carbonyl (C=O) groups excluding carboxylic acids is 1.